The van der Waals surface area contributed by atoms with Crippen LogP contribution < -0.4 is 10.6 Å². The Bertz CT molecular complexity index is 739. The first-order valence-electron chi connectivity index (χ1n) is 14.8. The van der Waals surface area contributed by atoms with Crippen molar-refractivity contribution in [3.63, 3.8) is 0 Å². The molecule has 3 aliphatic carbocycles. The Labute approximate surface area is 218 Å². The molecule has 2 aliphatic heterocycles. The zero-order chi connectivity index (χ0) is 24.7. The Morgan fingerprint density at radius 3 is 2.57 bits per heavy atom. The first kappa shape index (κ1) is 26.3. The van der Waals surface area contributed by atoms with E-state index in [9.17, 15) is 9.90 Å². The van der Waals surface area contributed by atoms with Gasteiger partial charge in [0.2, 0.25) is 5.91 Å². The minimum atomic E-state index is -0.378. The second-order valence-corrected chi connectivity index (χ2v) is 14.7. The van der Waals surface area contributed by atoms with Crippen LogP contribution in [-0.2, 0) is 4.79 Å². The highest BCUT2D eigenvalue weighted by Gasteiger charge is 2.58. The lowest BCUT2D eigenvalue weighted by molar-refractivity contribution is -0.149. The van der Waals surface area contributed by atoms with Crippen LogP contribution in [0.1, 0.15) is 85.0 Å². The minimum absolute atomic E-state index is 0.0858. The summed E-state index contributed by atoms with van der Waals surface area (Å²) in [7, 11) is 2.00. The summed E-state index contributed by atoms with van der Waals surface area (Å²) >= 11 is 2.21. The highest BCUT2D eigenvalue weighted by Crippen LogP contribution is 2.59. The summed E-state index contributed by atoms with van der Waals surface area (Å²) in [5, 5.41) is 20.7. The monoisotopic (exact) mass is 505 g/mol. The number of thioether (sulfide) groups is 1. The van der Waals surface area contributed by atoms with E-state index in [1.807, 2.05) is 11.9 Å². The molecule has 0 bridgehead atoms. The van der Waals surface area contributed by atoms with Gasteiger partial charge in [0, 0.05) is 30.8 Å². The first-order valence-corrected chi connectivity index (χ1v) is 15.8. The van der Waals surface area contributed by atoms with E-state index < -0.39 is 0 Å². The van der Waals surface area contributed by atoms with Crippen LogP contribution in [0.4, 0.5) is 0 Å². The molecule has 200 valence electrons. The number of nitrogens with one attached hydrogen (secondary N) is 2. The van der Waals surface area contributed by atoms with E-state index in [4.69, 9.17) is 0 Å². The number of amides is 1. The van der Waals surface area contributed by atoms with E-state index in [-0.39, 0.29) is 35.2 Å². The number of hydrogen-bond acceptors (Lipinski definition) is 5. The van der Waals surface area contributed by atoms with Crippen molar-refractivity contribution in [2.24, 2.45) is 40.9 Å². The second-order valence-electron chi connectivity index (χ2n) is 13.3. The molecule has 0 spiro atoms. The number of rotatable bonds is 5. The van der Waals surface area contributed by atoms with Gasteiger partial charge in [-0.25, -0.2) is 0 Å². The van der Waals surface area contributed by atoms with Crippen molar-refractivity contribution in [3.8, 4) is 0 Å². The number of carbonyl (C=O) groups is 1. The van der Waals surface area contributed by atoms with Crippen molar-refractivity contribution < 1.29 is 9.90 Å². The van der Waals surface area contributed by atoms with Gasteiger partial charge in [-0.15, -0.1) is 11.8 Å². The van der Waals surface area contributed by atoms with Crippen LogP contribution in [0.15, 0.2) is 0 Å². The fourth-order valence-corrected chi connectivity index (χ4v) is 11.1. The molecule has 0 aromatic carbocycles. The molecule has 35 heavy (non-hydrogen) atoms. The highest BCUT2D eigenvalue weighted by molar-refractivity contribution is 8.00. The molecular weight excluding hydrogens is 454 g/mol. The van der Waals surface area contributed by atoms with E-state index in [1.165, 1.54) is 51.4 Å². The van der Waals surface area contributed by atoms with Crippen LogP contribution in [0.2, 0.25) is 0 Å². The highest BCUT2D eigenvalue weighted by atomic mass is 32.2. The summed E-state index contributed by atoms with van der Waals surface area (Å²) in [6.07, 6.45) is 12.0. The lowest BCUT2D eigenvalue weighted by atomic mass is 9.51. The third-order valence-corrected chi connectivity index (χ3v) is 12.6. The topological polar surface area (TPSA) is 64.6 Å². The minimum Gasteiger partial charge on any atom is -0.392 e. The fraction of sp³-hybridized carbons (Fsp3) is 0.966. The third kappa shape index (κ3) is 5.20. The molecule has 5 aliphatic rings. The molecule has 2 heterocycles. The SMILES string of the molecule is CC(C(=O)N(C)CC1CCCCC1)C1CCC2(C)CC3SC(C4CCNCC4)NC3C(C)C2C1O. The molecule has 3 N–H and O–H groups in total. The fourth-order valence-electron chi connectivity index (χ4n) is 8.97. The maximum Gasteiger partial charge on any atom is 0.225 e. The lowest BCUT2D eigenvalue weighted by Crippen LogP contribution is -2.60. The predicted molar refractivity (Wildman–Crippen MR) is 145 cm³/mol. The van der Waals surface area contributed by atoms with Crippen molar-refractivity contribution in [2.75, 3.05) is 26.7 Å². The smallest absolute Gasteiger partial charge is 0.225 e. The first-order chi connectivity index (χ1) is 16.8. The molecule has 3 saturated carbocycles. The van der Waals surface area contributed by atoms with Gasteiger partial charge in [-0.2, -0.15) is 0 Å². The van der Waals surface area contributed by atoms with Crippen LogP contribution in [0.5, 0.6) is 0 Å². The molecule has 2 saturated heterocycles. The van der Waals surface area contributed by atoms with Crippen LogP contribution in [0.25, 0.3) is 0 Å². The van der Waals surface area contributed by atoms with Crippen molar-refractivity contribution in [1.29, 1.82) is 0 Å². The molecule has 6 heteroatoms. The molecular formula is C29H51N3O2S. The number of piperidine rings is 1. The number of nitrogens with zero attached hydrogens (tertiary/aromatic N) is 1. The Hall–Kier alpha value is -0.300. The molecule has 5 nitrogen and oxygen atoms in total. The summed E-state index contributed by atoms with van der Waals surface area (Å²) in [6.45, 7) is 10.1. The van der Waals surface area contributed by atoms with E-state index >= 15 is 0 Å². The Kier molecular flexibility index (Phi) is 8.14. The molecule has 5 rings (SSSR count). The second kappa shape index (κ2) is 10.8. The van der Waals surface area contributed by atoms with E-state index in [0.29, 0.717) is 28.5 Å². The van der Waals surface area contributed by atoms with Gasteiger partial charge in [0.05, 0.1) is 11.5 Å². The van der Waals surface area contributed by atoms with Crippen LogP contribution >= 0.6 is 11.8 Å². The van der Waals surface area contributed by atoms with Crippen LogP contribution in [0, 0.1) is 40.9 Å². The van der Waals surface area contributed by atoms with Gasteiger partial charge in [-0.05, 0) is 93.0 Å². The van der Waals surface area contributed by atoms with Gasteiger partial charge >= 0.3 is 0 Å². The Balaban J connectivity index is 1.24. The summed E-state index contributed by atoms with van der Waals surface area (Å²) in [6, 6.07) is 0.492. The number of carbonyl (C=O) groups excluding carboxylic acids is 1. The van der Waals surface area contributed by atoms with Gasteiger partial charge in [0.25, 0.3) is 0 Å². The summed E-state index contributed by atoms with van der Waals surface area (Å²) in [4.78, 5) is 15.5. The summed E-state index contributed by atoms with van der Waals surface area (Å²) < 4.78 is 0. The zero-order valence-electron chi connectivity index (χ0n) is 22.7. The summed E-state index contributed by atoms with van der Waals surface area (Å²) in [5.74, 6) is 2.40. The van der Waals surface area contributed by atoms with Gasteiger partial charge in [-0.3, -0.25) is 4.79 Å². The predicted octanol–water partition coefficient (Wildman–Crippen LogP) is 4.49. The molecule has 5 fully saturated rings. The third-order valence-electron chi connectivity index (χ3n) is 11.0. The standard InChI is InChI=1S/C29H51N3O2S/c1-18(28(34)32(4)17-20-8-6-5-7-9-20)22-10-13-29(3)16-23-25(19(2)24(29)26(22)33)31-27(35-23)21-11-14-30-15-12-21/h18-27,30-31,33H,5-17H2,1-4H3. The van der Waals surface area contributed by atoms with E-state index in [0.717, 1.165) is 38.4 Å². The van der Waals surface area contributed by atoms with Crippen LogP contribution in [-0.4, -0.2) is 65.4 Å². The van der Waals surface area contributed by atoms with E-state index in [2.05, 4.69) is 43.2 Å². The van der Waals surface area contributed by atoms with Gasteiger partial charge in [0.1, 0.15) is 0 Å². The molecule has 0 aromatic heterocycles. The van der Waals surface area contributed by atoms with E-state index in [1.54, 1.807) is 0 Å². The van der Waals surface area contributed by atoms with Crippen molar-refractivity contribution in [2.45, 2.75) is 108 Å². The Morgan fingerprint density at radius 2 is 1.86 bits per heavy atom. The quantitative estimate of drug-likeness (QED) is 0.514. The van der Waals surface area contributed by atoms with Crippen molar-refractivity contribution >= 4 is 17.7 Å². The summed E-state index contributed by atoms with van der Waals surface area (Å²) in [5.41, 5.74) is 0.185. The zero-order valence-corrected chi connectivity index (χ0v) is 23.5. The molecule has 1 amide bonds. The van der Waals surface area contributed by atoms with Crippen molar-refractivity contribution in [1.82, 2.24) is 15.5 Å². The molecule has 0 aromatic rings. The normalized spacial score (nSPS) is 43.9. The number of hydrogen-bond donors (Lipinski definition) is 3. The van der Waals surface area contributed by atoms with Gasteiger partial charge in [-0.1, -0.05) is 40.0 Å². The van der Waals surface area contributed by atoms with Crippen LogP contribution in [0.3, 0.4) is 0 Å². The maximum absolute atomic E-state index is 13.5. The molecule has 9 unspecified atom stereocenters. The average Bonchev–Trinajstić information content (AvgIpc) is 3.28. The van der Waals surface area contributed by atoms with Gasteiger partial charge < -0.3 is 20.6 Å². The number of aliphatic hydroxyl groups excluding tert-OH is 1. The molecule has 0 radical (unpaired) electrons. The Morgan fingerprint density at radius 1 is 1.14 bits per heavy atom. The van der Waals surface area contributed by atoms with Crippen molar-refractivity contribution in [3.05, 3.63) is 0 Å². The van der Waals surface area contributed by atoms with Gasteiger partial charge in [0.15, 0.2) is 0 Å². The average molecular weight is 506 g/mol. The lowest BCUT2D eigenvalue weighted by Gasteiger charge is -2.57. The number of fused-ring (bicyclic) bond motifs is 2. The largest absolute Gasteiger partial charge is 0.392 e. The number of aliphatic hydroxyl groups is 1. The maximum atomic E-state index is 13.5. The molecule has 9 atom stereocenters.